The maximum absolute atomic E-state index is 12.9. The van der Waals surface area contributed by atoms with Crippen molar-refractivity contribution in [3.63, 3.8) is 0 Å². The quantitative estimate of drug-likeness (QED) is 0.0765. The predicted molar refractivity (Wildman–Crippen MR) is 177 cm³/mol. The van der Waals surface area contributed by atoms with Gasteiger partial charge in [0.15, 0.2) is 35.4 Å². The highest BCUT2D eigenvalue weighted by atomic mass is 16.8. The highest BCUT2D eigenvalue weighted by Gasteiger charge is 2.60. The first-order valence-electron chi connectivity index (χ1n) is 15.8. The van der Waals surface area contributed by atoms with E-state index in [0.29, 0.717) is 11.1 Å². The third kappa shape index (κ3) is 9.10. The van der Waals surface area contributed by atoms with Crippen LogP contribution in [-0.4, -0.2) is 156 Å². The Morgan fingerprint density at radius 1 is 0.717 bits per heavy atom. The number of aliphatic hydroxyl groups is 6. The Hall–Kier alpha value is -4.70. The van der Waals surface area contributed by atoms with E-state index in [-0.39, 0.29) is 34.5 Å². The van der Waals surface area contributed by atoms with Crippen LogP contribution in [0.2, 0.25) is 0 Å². The molecule has 9 atom stereocenters. The van der Waals surface area contributed by atoms with Gasteiger partial charge >= 0.3 is 11.9 Å². The smallest absolute Gasteiger partial charge is 0.331 e. The number of aromatic hydroxyl groups is 2. The fraction of sp³-hybridized carbons (Fsp3) is 0.471. The number of rotatable bonds is 15. The Balaban J connectivity index is 1.48. The number of hydrogen-bond acceptors (Lipinski definition) is 19. The van der Waals surface area contributed by atoms with Gasteiger partial charge in [-0.2, -0.15) is 0 Å². The van der Waals surface area contributed by atoms with Crippen LogP contribution >= 0.6 is 0 Å². The van der Waals surface area contributed by atoms with E-state index >= 15 is 0 Å². The van der Waals surface area contributed by atoms with Crippen LogP contribution in [0.25, 0.3) is 12.2 Å². The minimum Gasteiger partial charge on any atom is -0.502 e. The fourth-order valence-electron chi connectivity index (χ4n) is 5.49. The molecule has 2 aliphatic rings. The van der Waals surface area contributed by atoms with E-state index in [9.17, 15) is 50.4 Å². The predicted octanol–water partition coefficient (Wildman–Crippen LogP) is -1.42. The number of benzene rings is 2. The average Bonchev–Trinajstić information content (AvgIpc) is 3.42. The number of ether oxygens (including phenoxy) is 9. The molecular weight excluding hydrogens is 712 g/mol. The van der Waals surface area contributed by atoms with Crippen molar-refractivity contribution in [2.75, 3.05) is 48.3 Å². The molecule has 53 heavy (non-hydrogen) atoms. The summed E-state index contributed by atoms with van der Waals surface area (Å²) < 4.78 is 47.8. The van der Waals surface area contributed by atoms with Crippen molar-refractivity contribution in [2.24, 2.45) is 0 Å². The number of carbonyl (C=O) groups is 2. The summed E-state index contributed by atoms with van der Waals surface area (Å²) in [7, 11) is 5.26. The van der Waals surface area contributed by atoms with Crippen LogP contribution in [0.4, 0.5) is 0 Å². The summed E-state index contributed by atoms with van der Waals surface area (Å²) in [6.07, 6.45) is -9.97. The Morgan fingerprint density at radius 2 is 1.21 bits per heavy atom. The Bertz CT molecular complexity index is 1590. The third-order valence-corrected chi connectivity index (χ3v) is 8.32. The van der Waals surface area contributed by atoms with E-state index in [1.54, 1.807) is 0 Å². The van der Waals surface area contributed by atoms with Gasteiger partial charge in [0.25, 0.3) is 0 Å². The summed E-state index contributed by atoms with van der Waals surface area (Å²) in [4.78, 5) is 25.5. The van der Waals surface area contributed by atoms with Gasteiger partial charge in [-0.3, -0.25) is 0 Å². The third-order valence-electron chi connectivity index (χ3n) is 8.32. The molecule has 2 aromatic rings. The normalized spacial score (nSPS) is 28.6. The summed E-state index contributed by atoms with van der Waals surface area (Å²) >= 11 is 0. The minimum absolute atomic E-state index is 0.0366. The van der Waals surface area contributed by atoms with Gasteiger partial charge in [0.1, 0.15) is 49.8 Å². The lowest BCUT2D eigenvalue weighted by Crippen LogP contribution is -2.63. The first-order valence-corrected chi connectivity index (χ1v) is 15.8. The molecule has 0 radical (unpaired) electrons. The van der Waals surface area contributed by atoms with E-state index in [0.717, 1.165) is 12.2 Å². The Kier molecular flexibility index (Phi) is 13.9. The van der Waals surface area contributed by atoms with E-state index in [4.69, 9.17) is 42.6 Å². The molecule has 0 amide bonds. The molecule has 0 unspecified atom stereocenters. The number of methoxy groups -OCH3 is 4. The molecule has 0 bridgehead atoms. The highest BCUT2D eigenvalue weighted by molar-refractivity contribution is 5.88. The van der Waals surface area contributed by atoms with Crippen molar-refractivity contribution in [3.05, 3.63) is 47.5 Å². The molecule has 2 aromatic carbocycles. The first-order chi connectivity index (χ1) is 25.3. The molecule has 0 saturated carbocycles. The van der Waals surface area contributed by atoms with E-state index in [1.807, 2.05) is 0 Å². The Labute approximate surface area is 302 Å². The molecule has 2 fully saturated rings. The van der Waals surface area contributed by atoms with Crippen LogP contribution in [0.5, 0.6) is 34.5 Å². The first kappa shape index (κ1) is 41.1. The SMILES string of the molecule is COc1cc(/C=C/C(=O)OC[C@@H]2O[C@H](O[C@]3(CO)O[C@H](CO)[C@@H](O)[C@@H]3OC(=O)/C=C/c3cc(OC)c(O)c(OC)c3)[C@@H](O)[C@@H](O)[C@@H]2O)cc(OC)c1O. The summed E-state index contributed by atoms with van der Waals surface area (Å²) in [6.45, 7) is -2.69. The fourth-order valence-corrected chi connectivity index (χ4v) is 5.49. The summed E-state index contributed by atoms with van der Waals surface area (Å²) in [6, 6.07) is 5.60. The zero-order valence-corrected chi connectivity index (χ0v) is 28.9. The van der Waals surface area contributed by atoms with Gasteiger partial charge in [0.05, 0.1) is 35.0 Å². The zero-order valence-electron chi connectivity index (χ0n) is 28.9. The number of phenolic OH excluding ortho intramolecular Hbond substituents is 2. The van der Waals surface area contributed by atoms with E-state index < -0.39 is 86.6 Å². The average molecular weight is 755 g/mol. The monoisotopic (exact) mass is 754 g/mol. The van der Waals surface area contributed by atoms with Gasteiger partial charge < -0.3 is 83.5 Å². The molecule has 2 heterocycles. The lowest BCUT2D eigenvalue weighted by molar-refractivity contribution is -0.383. The molecule has 19 nitrogen and oxygen atoms in total. The number of carbonyl (C=O) groups excluding carboxylic acids is 2. The van der Waals surface area contributed by atoms with Crippen molar-refractivity contribution >= 4 is 24.1 Å². The van der Waals surface area contributed by atoms with Crippen LogP contribution in [0.1, 0.15) is 11.1 Å². The van der Waals surface area contributed by atoms with Crippen molar-refractivity contribution in [1.82, 2.24) is 0 Å². The van der Waals surface area contributed by atoms with Crippen LogP contribution in [0.15, 0.2) is 36.4 Å². The lowest BCUT2D eigenvalue weighted by atomic mass is 9.98. The summed E-state index contributed by atoms with van der Waals surface area (Å²) in [5.41, 5.74) is 0.708. The van der Waals surface area contributed by atoms with Crippen LogP contribution in [0.3, 0.4) is 0 Å². The van der Waals surface area contributed by atoms with E-state index in [1.165, 1.54) is 64.9 Å². The second-order valence-electron chi connectivity index (χ2n) is 11.6. The molecule has 19 heteroatoms. The van der Waals surface area contributed by atoms with Gasteiger partial charge in [0, 0.05) is 12.2 Å². The van der Waals surface area contributed by atoms with Gasteiger partial charge in [-0.05, 0) is 47.5 Å². The molecular formula is C34H42O19. The standard InChI is InChI=1S/C34H42O19/c1-45-18-9-16(10-19(46-2)26(18)39)5-7-24(37)49-14-23-28(41)30(43)31(44)33(50-23)53-34(15-36)32(29(42)22(13-35)52-34)51-25(38)8-6-17-11-20(47-3)27(40)21(12-17)48-4/h5-12,22-23,28-33,35-36,39-44H,13-15H2,1-4H3/b7-5+,8-6+/t22-,23+,28-,29-,30+,31+,32+,33-,34+/m1/s1. The molecule has 2 aliphatic heterocycles. The van der Waals surface area contributed by atoms with Crippen LogP contribution in [-0.2, 0) is 33.3 Å². The zero-order chi connectivity index (χ0) is 39.0. The molecule has 8 N–H and O–H groups in total. The topological polar surface area (TPSA) is 279 Å². The largest absolute Gasteiger partial charge is 0.502 e. The Morgan fingerprint density at radius 3 is 1.66 bits per heavy atom. The molecule has 4 rings (SSSR count). The van der Waals surface area contributed by atoms with Gasteiger partial charge in [-0.25, -0.2) is 9.59 Å². The summed E-state index contributed by atoms with van der Waals surface area (Å²) in [5, 5.41) is 83.3. The molecule has 0 aliphatic carbocycles. The minimum atomic E-state index is -2.51. The van der Waals surface area contributed by atoms with Crippen LogP contribution in [0, 0.1) is 0 Å². The van der Waals surface area contributed by atoms with Crippen LogP contribution < -0.4 is 18.9 Å². The van der Waals surface area contributed by atoms with Crippen molar-refractivity contribution in [3.8, 4) is 34.5 Å². The lowest BCUT2D eigenvalue weighted by Gasteiger charge is -2.43. The maximum Gasteiger partial charge on any atom is 0.331 e. The van der Waals surface area contributed by atoms with Crippen molar-refractivity contribution in [1.29, 1.82) is 0 Å². The van der Waals surface area contributed by atoms with E-state index in [2.05, 4.69) is 0 Å². The number of esters is 2. The molecule has 0 aromatic heterocycles. The molecule has 0 spiro atoms. The second-order valence-corrected chi connectivity index (χ2v) is 11.6. The number of hydrogen-bond donors (Lipinski definition) is 8. The van der Waals surface area contributed by atoms with Gasteiger partial charge in [-0.15, -0.1) is 0 Å². The second kappa shape index (κ2) is 17.9. The van der Waals surface area contributed by atoms with Crippen molar-refractivity contribution in [2.45, 2.75) is 54.8 Å². The number of aliphatic hydroxyl groups excluding tert-OH is 6. The van der Waals surface area contributed by atoms with Crippen molar-refractivity contribution < 1.29 is 93.1 Å². The van der Waals surface area contributed by atoms with Gasteiger partial charge in [-0.1, -0.05) is 0 Å². The highest BCUT2D eigenvalue weighted by Crippen LogP contribution is 2.40. The summed E-state index contributed by atoms with van der Waals surface area (Å²) in [5.74, 6) is -4.86. The maximum atomic E-state index is 12.9. The molecule has 292 valence electrons. The number of phenols is 2. The van der Waals surface area contributed by atoms with Gasteiger partial charge in [0.2, 0.25) is 17.3 Å². The molecule has 2 saturated heterocycles.